The Bertz CT molecular complexity index is 1110. The maximum Gasteiger partial charge on any atom is 0.387 e. The largest absolute Gasteiger partial charge is 0.434 e. The lowest BCUT2D eigenvalue weighted by Crippen LogP contribution is -2.33. The van der Waals surface area contributed by atoms with Crippen LogP contribution in [0, 0.1) is 0 Å². The summed E-state index contributed by atoms with van der Waals surface area (Å²) in [4.78, 5) is 29.0. The number of fused-ring (bicyclic) bond motifs is 1. The van der Waals surface area contributed by atoms with E-state index in [1.54, 1.807) is 43.3 Å². The number of carbonyl (C=O) groups is 1. The number of ether oxygens (including phenoxy) is 1. The summed E-state index contributed by atoms with van der Waals surface area (Å²) in [6, 6.07) is 13.0. The van der Waals surface area contributed by atoms with Crippen molar-refractivity contribution in [3.63, 3.8) is 0 Å². The van der Waals surface area contributed by atoms with Crippen LogP contribution >= 0.6 is 0 Å². The fraction of sp³-hybridized carbons (Fsp3) is 0.150. The first-order valence-electron chi connectivity index (χ1n) is 8.77. The van der Waals surface area contributed by atoms with Crippen molar-refractivity contribution < 1.29 is 18.3 Å². The number of benzene rings is 2. The lowest BCUT2D eigenvalue weighted by Gasteiger charge is -2.13. The first-order chi connectivity index (χ1) is 14.0. The van der Waals surface area contributed by atoms with E-state index in [1.807, 2.05) is 0 Å². The number of hydrogen-bond acceptors (Lipinski definition) is 5. The highest BCUT2D eigenvalue weighted by Crippen LogP contribution is 2.21. The normalized spacial score (nSPS) is 11.2. The Morgan fingerprint density at radius 2 is 1.93 bits per heavy atom. The number of carbonyl (C=O) groups excluding carboxylic acids is 1. The van der Waals surface area contributed by atoms with Gasteiger partial charge in [-0.1, -0.05) is 30.3 Å². The molecule has 7 nitrogen and oxygen atoms in total. The summed E-state index contributed by atoms with van der Waals surface area (Å²) in [5, 5.41) is 0.474. The Kier molecular flexibility index (Phi) is 6.18. The molecule has 29 heavy (non-hydrogen) atoms. The van der Waals surface area contributed by atoms with Crippen LogP contribution in [0.1, 0.15) is 12.5 Å². The summed E-state index contributed by atoms with van der Waals surface area (Å²) in [5.74, 6) is -0.433. The number of hydrogen-bond donors (Lipinski definition) is 2. The van der Waals surface area contributed by atoms with Crippen molar-refractivity contribution in [1.29, 1.82) is 0 Å². The van der Waals surface area contributed by atoms with Gasteiger partial charge in [-0.2, -0.15) is 8.78 Å². The first kappa shape index (κ1) is 20.0. The van der Waals surface area contributed by atoms with Crippen molar-refractivity contribution in [1.82, 2.24) is 15.0 Å². The number of rotatable bonds is 7. The highest BCUT2D eigenvalue weighted by Gasteiger charge is 2.10. The number of hydrazine groups is 1. The van der Waals surface area contributed by atoms with Gasteiger partial charge in [-0.15, -0.1) is 0 Å². The zero-order valence-corrected chi connectivity index (χ0v) is 15.4. The minimum Gasteiger partial charge on any atom is -0.434 e. The van der Waals surface area contributed by atoms with Crippen molar-refractivity contribution in [3.8, 4) is 5.75 Å². The Morgan fingerprint density at radius 1 is 1.21 bits per heavy atom. The molecule has 3 rings (SSSR count). The summed E-state index contributed by atoms with van der Waals surface area (Å²) < 4.78 is 30.7. The van der Waals surface area contributed by atoms with Crippen molar-refractivity contribution in [2.75, 3.05) is 5.43 Å². The topological polar surface area (TPSA) is 85.2 Å². The molecule has 0 fully saturated rings. The minimum absolute atomic E-state index is 0.0458. The molecule has 0 radical (unpaired) electrons. The van der Waals surface area contributed by atoms with Gasteiger partial charge in [0.15, 0.2) is 0 Å². The summed E-state index contributed by atoms with van der Waals surface area (Å²) in [7, 11) is 0. The van der Waals surface area contributed by atoms with E-state index in [1.165, 1.54) is 22.8 Å². The smallest absolute Gasteiger partial charge is 0.387 e. The fourth-order valence-corrected chi connectivity index (χ4v) is 2.70. The molecule has 0 bridgehead atoms. The third-order valence-electron chi connectivity index (χ3n) is 4.02. The van der Waals surface area contributed by atoms with Gasteiger partial charge in [0.25, 0.3) is 11.5 Å². The molecule has 0 atom stereocenters. The second-order valence-electron chi connectivity index (χ2n) is 5.87. The van der Waals surface area contributed by atoms with Crippen LogP contribution in [0.5, 0.6) is 5.75 Å². The van der Waals surface area contributed by atoms with Crippen LogP contribution < -0.4 is 21.1 Å². The van der Waals surface area contributed by atoms with Crippen LogP contribution in [0.3, 0.4) is 0 Å². The molecule has 2 N–H and O–H groups in total. The van der Waals surface area contributed by atoms with E-state index in [0.29, 0.717) is 23.0 Å². The third-order valence-corrected chi connectivity index (χ3v) is 4.02. The number of amides is 1. The van der Waals surface area contributed by atoms with Gasteiger partial charge in [-0.05, 0) is 31.2 Å². The molecule has 0 unspecified atom stereocenters. The monoisotopic (exact) mass is 400 g/mol. The molecular formula is C20H18F2N4O3. The Hall–Kier alpha value is -3.75. The average molecular weight is 400 g/mol. The molecular weight excluding hydrogens is 382 g/mol. The predicted molar refractivity (Wildman–Crippen MR) is 106 cm³/mol. The number of aromatic nitrogens is 2. The second-order valence-corrected chi connectivity index (χ2v) is 5.87. The molecule has 1 amide bonds. The quantitative estimate of drug-likeness (QED) is 0.470. The van der Waals surface area contributed by atoms with E-state index >= 15 is 0 Å². The highest BCUT2D eigenvalue weighted by atomic mass is 19.3. The molecule has 3 aromatic rings. The van der Waals surface area contributed by atoms with E-state index in [4.69, 9.17) is 0 Å². The summed E-state index contributed by atoms with van der Waals surface area (Å²) in [6.45, 7) is -0.835. The van der Waals surface area contributed by atoms with Crippen molar-refractivity contribution in [2.24, 2.45) is 0 Å². The van der Waals surface area contributed by atoms with Gasteiger partial charge in [-0.3, -0.25) is 25.0 Å². The number of para-hydroxylation sites is 2. The minimum atomic E-state index is -2.97. The van der Waals surface area contributed by atoms with E-state index in [-0.39, 0.29) is 17.3 Å². The summed E-state index contributed by atoms with van der Waals surface area (Å²) in [5.41, 5.74) is 5.62. The zero-order chi connectivity index (χ0) is 20.8. The first-order valence-corrected chi connectivity index (χ1v) is 8.77. The van der Waals surface area contributed by atoms with Crippen LogP contribution in [0.25, 0.3) is 17.0 Å². The summed E-state index contributed by atoms with van der Waals surface area (Å²) >= 11 is 0. The van der Waals surface area contributed by atoms with Crippen molar-refractivity contribution in [2.45, 2.75) is 20.1 Å². The molecule has 0 aliphatic carbocycles. The van der Waals surface area contributed by atoms with Gasteiger partial charge in [0, 0.05) is 18.2 Å². The third kappa shape index (κ3) is 4.75. The SMILES string of the molecule is CCn1c(NNC(=O)C=Cc2ccccc2OC(F)F)nc2ccccc2c1=O. The van der Waals surface area contributed by atoms with Crippen LogP contribution in [-0.2, 0) is 11.3 Å². The van der Waals surface area contributed by atoms with Crippen molar-refractivity contribution >= 4 is 28.8 Å². The van der Waals surface area contributed by atoms with E-state index in [2.05, 4.69) is 20.6 Å². The maximum atomic E-state index is 12.5. The standard InChI is InChI=1S/C20H18F2N4O3/c1-2-26-18(28)14-8-4-5-9-15(14)23-20(26)25-24-17(27)12-11-13-7-3-6-10-16(13)29-19(21)22/h3-12,19H,2H2,1H3,(H,23,25)(H,24,27). The fourth-order valence-electron chi connectivity index (χ4n) is 2.70. The van der Waals surface area contributed by atoms with Gasteiger partial charge in [-0.25, -0.2) is 4.98 Å². The van der Waals surface area contributed by atoms with Gasteiger partial charge in [0.05, 0.1) is 10.9 Å². The predicted octanol–water partition coefficient (Wildman–Crippen LogP) is 3.17. The van der Waals surface area contributed by atoms with Gasteiger partial charge in [0.2, 0.25) is 5.95 Å². The molecule has 0 aliphatic heterocycles. The lowest BCUT2D eigenvalue weighted by atomic mass is 10.2. The second kappa shape index (κ2) is 8.96. The molecule has 0 saturated heterocycles. The molecule has 150 valence electrons. The highest BCUT2D eigenvalue weighted by molar-refractivity contribution is 5.92. The average Bonchev–Trinajstić information content (AvgIpc) is 2.71. The van der Waals surface area contributed by atoms with Crippen LogP contribution in [-0.4, -0.2) is 22.1 Å². The van der Waals surface area contributed by atoms with E-state index in [9.17, 15) is 18.4 Å². The van der Waals surface area contributed by atoms with Gasteiger partial charge < -0.3 is 4.74 Å². The Labute approximate surface area is 164 Å². The molecule has 0 aliphatic rings. The van der Waals surface area contributed by atoms with E-state index in [0.717, 1.165) is 6.08 Å². The van der Waals surface area contributed by atoms with Crippen LogP contribution in [0.4, 0.5) is 14.7 Å². The molecule has 1 aromatic heterocycles. The Morgan fingerprint density at radius 3 is 2.69 bits per heavy atom. The number of alkyl halides is 2. The molecule has 2 aromatic carbocycles. The van der Waals surface area contributed by atoms with E-state index < -0.39 is 12.5 Å². The van der Waals surface area contributed by atoms with Crippen molar-refractivity contribution in [3.05, 3.63) is 70.5 Å². The van der Waals surface area contributed by atoms with Gasteiger partial charge in [0.1, 0.15) is 5.75 Å². The van der Waals surface area contributed by atoms with Crippen LogP contribution in [0.15, 0.2) is 59.4 Å². The lowest BCUT2D eigenvalue weighted by molar-refractivity contribution is -0.116. The number of halogens is 2. The zero-order valence-electron chi connectivity index (χ0n) is 15.4. The summed E-state index contributed by atoms with van der Waals surface area (Å²) in [6.07, 6.45) is 2.49. The Balaban J connectivity index is 1.75. The maximum absolute atomic E-state index is 12.5. The van der Waals surface area contributed by atoms with Gasteiger partial charge >= 0.3 is 6.61 Å². The molecule has 0 saturated carbocycles. The molecule has 1 heterocycles. The number of anilines is 1. The number of nitrogens with zero attached hydrogens (tertiary/aromatic N) is 2. The number of nitrogens with one attached hydrogen (secondary N) is 2. The molecule has 9 heteroatoms. The van der Waals surface area contributed by atoms with Crippen LogP contribution in [0.2, 0.25) is 0 Å². The molecule has 0 spiro atoms.